The minimum atomic E-state index is -0.536. The summed E-state index contributed by atoms with van der Waals surface area (Å²) in [5, 5.41) is 7.56. The van der Waals surface area contributed by atoms with Gasteiger partial charge in [-0.15, -0.1) is 0 Å². The number of methoxy groups -OCH3 is 1. The van der Waals surface area contributed by atoms with Gasteiger partial charge in [0.25, 0.3) is 5.91 Å². The number of rotatable bonds is 4. The Morgan fingerprint density at radius 3 is 2.48 bits per heavy atom. The van der Waals surface area contributed by atoms with Crippen LogP contribution >= 0.6 is 23.2 Å². The van der Waals surface area contributed by atoms with Gasteiger partial charge < -0.3 is 4.74 Å². The molecule has 40 heavy (non-hydrogen) atoms. The fraction of sp³-hybridized carbons (Fsp3) is 0.345. The zero-order valence-corrected chi connectivity index (χ0v) is 23.4. The molecule has 8 nitrogen and oxygen atoms in total. The number of nitrogens with zero attached hydrogens (tertiary/aromatic N) is 4. The third-order valence-corrected chi connectivity index (χ3v) is 8.52. The van der Waals surface area contributed by atoms with Crippen LogP contribution < -0.4 is 5.43 Å². The van der Waals surface area contributed by atoms with E-state index in [0.29, 0.717) is 44.4 Å². The minimum absolute atomic E-state index is 0.113. The van der Waals surface area contributed by atoms with E-state index < -0.39 is 6.09 Å². The van der Waals surface area contributed by atoms with Crippen LogP contribution in [0.5, 0.6) is 0 Å². The molecule has 3 aliphatic rings. The second-order valence-corrected chi connectivity index (χ2v) is 11.4. The summed E-state index contributed by atoms with van der Waals surface area (Å²) in [7, 11) is 1.32. The van der Waals surface area contributed by atoms with Crippen LogP contribution in [0.15, 0.2) is 42.5 Å². The molecule has 1 saturated heterocycles. The highest BCUT2D eigenvalue weighted by Crippen LogP contribution is 2.38. The first-order valence-corrected chi connectivity index (χ1v) is 14.0. The number of halogens is 3. The molecule has 2 amide bonds. The van der Waals surface area contributed by atoms with Crippen LogP contribution in [-0.2, 0) is 11.3 Å². The summed E-state index contributed by atoms with van der Waals surface area (Å²) in [6, 6.07) is 11.1. The van der Waals surface area contributed by atoms with Crippen molar-refractivity contribution in [2.24, 2.45) is 11.8 Å². The topological polar surface area (TPSA) is 79.7 Å². The van der Waals surface area contributed by atoms with Crippen molar-refractivity contribution in [2.45, 2.75) is 25.8 Å². The van der Waals surface area contributed by atoms with Gasteiger partial charge in [-0.05, 0) is 72.2 Å². The van der Waals surface area contributed by atoms with Crippen LogP contribution in [0.25, 0.3) is 17.3 Å². The normalized spacial score (nSPS) is 21.4. The summed E-state index contributed by atoms with van der Waals surface area (Å²) in [4.78, 5) is 28.0. The predicted octanol–water partition coefficient (Wildman–Crippen LogP) is 5.82. The summed E-state index contributed by atoms with van der Waals surface area (Å²) in [6.45, 7) is 1.92. The molecule has 11 heteroatoms. The van der Waals surface area contributed by atoms with Gasteiger partial charge in [0.1, 0.15) is 5.82 Å². The molecule has 2 atom stereocenters. The molecule has 0 spiro atoms. The average molecular weight is 584 g/mol. The average Bonchev–Trinajstić information content (AvgIpc) is 3.63. The second kappa shape index (κ2) is 10.9. The lowest BCUT2D eigenvalue weighted by atomic mass is 9.97. The number of carbonyl (C=O) groups excluding carboxylic acids is 2. The Kier molecular flexibility index (Phi) is 7.29. The van der Waals surface area contributed by atoms with E-state index in [0.717, 1.165) is 18.7 Å². The third-order valence-electron chi connectivity index (χ3n) is 7.98. The largest absolute Gasteiger partial charge is 0.453 e. The molecule has 1 N–H and O–H groups in total. The van der Waals surface area contributed by atoms with Gasteiger partial charge in [-0.1, -0.05) is 41.8 Å². The van der Waals surface area contributed by atoms with Crippen molar-refractivity contribution in [2.75, 3.05) is 26.7 Å². The zero-order valence-electron chi connectivity index (χ0n) is 21.9. The maximum atomic E-state index is 13.7. The maximum absolute atomic E-state index is 13.7. The van der Waals surface area contributed by atoms with Crippen LogP contribution in [0.1, 0.15) is 46.6 Å². The quantitative estimate of drug-likeness (QED) is 0.419. The first-order valence-electron chi connectivity index (χ1n) is 13.2. The Hall–Kier alpha value is -3.40. The number of amides is 2. The molecule has 3 heterocycles. The lowest BCUT2D eigenvalue weighted by Gasteiger charge is -2.29. The van der Waals surface area contributed by atoms with Crippen molar-refractivity contribution in [3.63, 3.8) is 0 Å². The van der Waals surface area contributed by atoms with Crippen LogP contribution in [0.3, 0.4) is 0 Å². The van der Waals surface area contributed by atoms with Gasteiger partial charge in [0.15, 0.2) is 5.69 Å². The monoisotopic (exact) mass is 583 g/mol. The highest BCUT2D eigenvalue weighted by atomic mass is 35.5. The van der Waals surface area contributed by atoms with Gasteiger partial charge in [0, 0.05) is 23.7 Å². The molecule has 208 valence electrons. The Bertz CT molecular complexity index is 1490. The van der Waals surface area contributed by atoms with E-state index >= 15 is 0 Å². The second-order valence-electron chi connectivity index (χ2n) is 10.5. The minimum Gasteiger partial charge on any atom is -0.453 e. The SMILES string of the molecule is COC(=O)N1CC(=Cc2ccc(F)cc2)c2c(c(C(=O)NN3CC4CCCC4C3)nn2-c2ccc(Cl)cc2Cl)C1. The number of nitrogens with one attached hydrogen (secondary N) is 1. The van der Waals surface area contributed by atoms with Crippen LogP contribution in [0.4, 0.5) is 9.18 Å². The first-order chi connectivity index (χ1) is 19.3. The van der Waals surface area contributed by atoms with E-state index in [1.165, 1.54) is 43.4 Å². The fourth-order valence-corrected chi connectivity index (χ4v) is 6.61. The van der Waals surface area contributed by atoms with Gasteiger partial charge >= 0.3 is 6.09 Å². The van der Waals surface area contributed by atoms with Crippen molar-refractivity contribution >= 4 is 46.9 Å². The molecule has 2 aliphatic heterocycles. The van der Waals surface area contributed by atoms with E-state index in [-0.39, 0.29) is 30.5 Å². The van der Waals surface area contributed by atoms with E-state index in [9.17, 15) is 14.0 Å². The van der Waals surface area contributed by atoms with E-state index in [4.69, 9.17) is 33.0 Å². The molecular weight excluding hydrogens is 556 g/mol. The molecule has 6 rings (SSSR count). The van der Waals surface area contributed by atoms with Crippen molar-refractivity contribution in [3.8, 4) is 5.69 Å². The van der Waals surface area contributed by atoms with Gasteiger partial charge in [-0.25, -0.2) is 18.9 Å². The Morgan fingerprint density at radius 2 is 1.80 bits per heavy atom. The standard InChI is InChI=1S/C29H28Cl2FN5O3/c1-40-29(39)35-13-20(11-17-5-8-22(32)9-6-17)27-23(16-35)26(33-37(27)25-10-7-21(30)12-24(25)31)28(38)34-36-14-18-3-2-4-19(18)15-36/h5-12,18-19H,2-4,13-16H2,1H3,(H,34,38). The van der Waals surface area contributed by atoms with Crippen molar-refractivity contribution < 1.29 is 18.7 Å². The van der Waals surface area contributed by atoms with Gasteiger partial charge in [-0.3, -0.25) is 15.1 Å². The lowest BCUT2D eigenvalue weighted by molar-refractivity contribution is 0.0805. The molecule has 2 unspecified atom stereocenters. The van der Waals surface area contributed by atoms with Crippen LogP contribution in [-0.4, -0.2) is 58.4 Å². The zero-order chi connectivity index (χ0) is 28.0. The maximum Gasteiger partial charge on any atom is 0.410 e. The number of hydrogen-bond donors (Lipinski definition) is 1. The van der Waals surface area contributed by atoms with Crippen LogP contribution in [0, 0.1) is 17.7 Å². The summed E-state index contributed by atoms with van der Waals surface area (Å²) in [6.07, 6.45) is 4.91. The fourth-order valence-electron chi connectivity index (χ4n) is 6.12. The highest BCUT2D eigenvalue weighted by Gasteiger charge is 2.39. The number of aromatic nitrogens is 2. The Morgan fingerprint density at radius 1 is 1.07 bits per heavy atom. The van der Waals surface area contributed by atoms with E-state index in [1.807, 2.05) is 11.1 Å². The Labute approximate surface area is 241 Å². The number of ether oxygens (including phenoxy) is 1. The Balaban J connectivity index is 1.47. The van der Waals surface area contributed by atoms with Gasteiger partial charge in [-0.2, -0.15) is 5.10 Å². The molecular formula is C29H28Cl2FN5O3. The molecule has 2 fully saturated rings. The molecule has 1 saturated carbocycles. The number of benzene rings is 2. The van der Waals surface area contributed by atoms with Crippen molar-refractivity contribution in [1.29, 1.82) is 0 Å². The predicted molar refractivity (Wildman–Crippen MR) is 151 cm³/mol. The number of hydrazine groups is 1. The summed E-state index contributed by atoms with van der Waals surface area (Å²) < 4.78 is 20.3. The van der Waals surface area contributed by atoms with Crippen molar-refractivity contribution in [3.05, 3.63) is 80.8 Å². The van der Waals surface area contributed by atoms with E-state index in [1.54, 1.807) is 35.0 Å². The first kappa shape index (κ1) is 26.8. The van der Waals surface area contributed by atoms with Gasteiger partial charge in [0.05, 0.1) is 36.6 Å². The van der Waals surface area contributed by atoms with E-state index in [2.05, 4.69) is 5.43 Å². The summed E-state index contributed by atoms with van der Waals surface area (Å²) in [5.41, 5.74) is 6.39. The molecule has 1 aromatic heterocycles. The number of fused-ring (bicyclic) bond motifs is 2. The summed E-state index contributed by atoms with van der Waals surface area (Å²) >= 11 is 12.8. The molecule has 3 aromatic rings. The molecule has 2 aromatic carbocycles. The van der Waals surface area contributed by atoms with Gasteiger partial charge in [0.2, 0.25) is 0 Å². The number of hydrogen-bond acceptors (Lipinski definition) is 5. The molecule has 0 radical (unpaired) electrons. The van der Waals surface area contributed by atoms with Crippen LogP contribution in [0.2, 0.25) is 10.0 Å². The van der Waals surface area contributed by atoms with Crippen molar-refractivity contribution in [1.82, 2.24) is 25.1 Å². The third kappa shape index (κ3) is 5.09. The smallest absolute Gasteiger partial charge is 0.410 e. The number of carbonyl (C=O) groups is 2. The molecule has 0 bridgehead atoms. The summed E-state index contributed by atoms with van der Waals surface area (Å²) in [5.74, 6) is 0.484. The lowest BCUT2D eigenvalue weighted by Crippen LogP contribution is -2.42. The highest BCUT2D eigenvalue weighted by molar-refractivity contribution is 6.35. The molecule has 1 aliphatic carbocycles.